The van der Waals surface area contributed by atoms with Gasteiger partial charge in [0.25, 0.3) is 0 Å². The highest BCUT2D eigenvalue weighted by atomic mass is 16.3. The molecule has 4 nitrogen and oxygen atoms in total. The normalized spacial score (nSPS) is 12.7. The van der Waals surface area contributed by atoms with Crippen LogP contribution in [0.4, 0.5) is 0 Å². The zero-order chi connectivity index (χ0) is 13.9. The molecule has 0 aliphatic carbocycles. The number of aromatic amines is 1. The molecule has 0 spiro atoms. The summed E-state index contributed by atoms with van der Waals surface area (Å²) < 4.78 is 0. The van der Waals surface area contributed by atoms with Crippen LogP contribution in [-0.4, -0.2) is 21.6 Å². The summed E-state index contributed by atoms with van der Waals surface area (Å²) in [7, 11) is 0. The quantitative estimate of drug-likeness (QED) is 0.678. The Kier molecular flexibility index (Phi) is 3.50. The largest absolute Gasteiger partial charge is 0.384 e. The van der Waals surface area contributed by atoms with Crippen LogP contribution in [0.3, 0.4) is 0 Å². The Hall–Kier alpha value is -2.17. The van der Waals surface area contributed by atoms with Gasteiger partial charge in [0.2, 0.25) is 0 Å². The lowest BCUT2D eigenvalue weighted by atomic mass is 9.98. The number of aliphatic hydroxyl groups excluding tert-OH is 1. The highest BCUT2D eigenvalue weighted by Crippen LogP contribution is 2.25. The van der Waals surface area contributed by atoms with Crippen LogP contribution in [0.5, 0.6) is 0 Å². The summed E-state index contributed by atoms with van der Waals surface area (Å²) >= 11 is 0. The summed E-state index contributed by atoms with van der Waals surface area (Å²) in [6.07, 6.45) is 1.84. The molecule has 102 valence electrons. The average Bonchev–Trinajstić information content (AvgIpc) is 2.94. The van der Waals surface area contributed by atoms with Crippen LogP contribution < -0.4 is 5.73 Å². The molecule has 3 rings (SSSR count). The van der Waals surface area contributed by atoms with Crippen LogP contribution in [0.2, 0.25) is 0 Å². The molecule has 0 fully saturated rings. The Morgan fingerprint density at radius 3 is 2.85 bits per heavy atom. The molecule has 3 aromatic rings. The Morgan fingerprint density at radius 1 is 1.15 bits per heavy atom. The number of fused-ring (bicyclic) bond motifs is 1. The minimum Gasteiger partial charge on any atom is -0.384 e. The maximum atomic E-state index is 10.5. The van der Waals surface area contributed by atoms with E-state index in [2.05, 4.69) is 9.97 Å². The summed E-state index contributed by atoms with van der Waals surface area (Å²) in [5.74, 6) is 0. The SMILES string of the molecule is NCCc1cccc(C(O)c2ccc3nc[nH]c3c2)c1. The second-order valence-electron chi connectivity index (χ2n) is 4.87. The van der Waals surface area contributed by atoms with Gasteiger partial charge in [-0.25, -0.2) is 4.98 Å². The van der Waals surface area contributed by atoms with Gasteiger partial charge in [0.05, 0.1) is 17.4 Å². The summed E-state index contributed by atoms with van der Waals surface area (Å²) in [6, 6.07) is 13.7. The number of rotatable bonds is 4. The smallest absolute Gasteiger partial charge is 0.104 e. The summed E-state index contributed by atoms with van der Waals surface area (Å²) in [6.45, 7) is 0.611. The van der Waals surface area contributed by atoms with Crippen molar-refractivity contribution in [3.63, 3.8) is 0 Å². The molecule has 1 aromatic heterocycles. The number of imidazole rings is 1. The number of nitrogens with two attached hydrogens (primary N) is 1. The molecule has 0 amide bonds. The van der Waals surface area contributed by atoms with E-state index < -0.39 is 6.10 Å². The second-order valence-corrected chi connectivity index (χ2v) is 4.87. The zero-order valence-corrected chi connectivity index (χ0v) is 11.1. The zero-order valence-electron chi connectivity index (χ0n) is 11.1. The molecule has 0 aliphatic rings. The molecular formula is C16H17N3O. The average molecular weight is 267 g/mol. The number of hydrogen-bond donors (Lipinski definition) is 3. The molecule has 1 atom stereocenters. The lowest BCUT2D eigenvalue weighted by molar-refractivity contribution is 0.220. The standard InChI is InChI=1S/C16H17N3O/c17-7-6-11-2-1-3-12(8-11)16(20)13-4-5-14-15(9-13)19-10-18-14/h1-5,8-10,16,20H,6-7,17H2,(H,18,19). The number of aliphatic hydroxyl groups is 1. The Bertz CT molecular complexity index is 720. The fourth-order valence-corrected chi connectivity index (χ4v) is 2.40. The van der Waals surface area contributed by atoms with Gasteiger partial charge in [-0.1, -0.05) is 30.3 Å². The van der Waals surface area contributed by atoms with Crippen LogP contribution in [0.25, 0.3) is 11.0 Å². The van der Waals surface area contributed by atoms with Crippen molar-refractivity contribution in [1.29, 1.82) is 0 Å². The molecule has 2 aromatic carbocycles. The van der Waals surface area contributed by atoms with Crippen molar-refractivity contribution in [3.05, 3.63) is 65.5 Å². The molecule has 0 aliphatic heterocycles. The van der Waals surface area contributed by atoms with Crippen molar-refractivity contribution >= 4 is 11.0 Å². The predicted octanol–water partition coefficient (Wildman–Crippen LogP) is 2.15. The van der Waals surface area contributed by atoms with E-state index in [-0.39, 0.29) is 0 Å². The maximum absolute atomic E-state index is 10.5. The van der Waals surface area contributed by atoms with Crippen LogP contribution in [-0.2, 0) is 6.42 Å². The van der Waals surface area contributed by atoms with Gasteiger partial charge >= 0.3 is 0 Å². The topological polar surface area (TPSA) is 74.9 Å². The number of hydrogen-bond acceptors (Lipinski definition) is 3. The third kappa shape index (κ3) is 2.43. The van der Waals surface area contributed by atoms with E-state index in [9.17, 15) is 5.11 Å². The highest BCUT2D eigenvalue weighted by Gasteiger charge is 2.12. The molecule has 0 bridgehead atoms. The highest BCUT2D eigenvalue weighted by molar-refractivity contribution is 5.75. The Labute approximate surface area is 117 Å². The van der Waals surface area contributed by atoms with Crippen molar-refractivity contribution < 1.29 is 5.11 Å². The number of H-pyrrole nitrogens is 1. The van der Waals surface area contributed by atoms with Crippen molar-refractivity contribution in [3.8, 4) is 0 Å². The summed E-state index contributed by atoms with van der Waals surface area (Å²) in [5, 5.41) is 10.5. The minimum atomic E-state index is -0.638. The summed E-state index contributed by atoms with van der Waals surface area (Å²) in [5.41, 5.74) is 10.3. The van der Waals surface area contributed by atoms with Crippen LogP contribution >= 0.6 is 0 Å². The second kappa shape index (κ2) is 5.45. The fourth-order valence-electron chi connectivity index (χ4n) is 2.40. The van der Waals surface area contributed by atoms with E-state index in [1.54, 1.807) is 6.33 Å². The van der Waals surface area contributed by atoms with Crippen molar-refractivity contribution in [2.75, 3.05) is 6.54 Å². The Balaban J connectivity index is 1.94. The van der Waals surface area contributed by atoms with Gasteiger partial charge in [-0.15, -0.1) is 0 Å². The van der Waals surface area contributed by atoms with E-state index >= 15 is 0 Å². The first kappa shape index (κ1) is 12.8. The molecular weight excluding hydrogens is 250 g/mol. The van der Waals surface area contributed by atoms with Crippen molar-refractivity contribution in [2.24, 2.45) is 5.73 Å². The molecule has 1 heterocycles. The first-order valence-corrected chi connectivity index (χ1v) is 6.68. The van der Waals surface area contributed by atoms with Crippen LogP contribution in [0.15, 0.2) is 48.8 Å². The minimum absolute atomic E-state index is 0.611. The molecule has 0 radical (unpaired) electrons. The van der Waals surface area contributed by atoms with Gasteiger partial charge in [0.1, 0.15) is 6.10 Å². The van der Waals surface area contributed by atoms with Crippen molar-refractivity contribution in [1.82, 2.24) is 9.97 Å². The fraction of sp³-hybridized carbons (Fsp3) is 0.188. The van der Waals surface area contributed by atoms with Gasteiger partial charge in [0.15, 0.2) is 0 Å². The molecule has 1 unspecified atom stereocenters. The molecule has 20 heavy (non-hydrogen) atoms. The van der Waals surface area contributed by atoms with E-state index in [4.69, 9.17) is 5.73 Å². The van der Waals surface area contributed by atoms with Crippen LogP contribution in [0, 0.1) is 0 Å². The predicted molar refractivity (Wildman–Crippen MR) is 79.4 cm³/mol. The first-order valence-electron chi connectivity index (χ1n) is 6.68. The van der Waals surface area contributed by atoms with Crippen molar-refractivity contribution in [2.45, 2.75) is 12.5 Å². The molecule has 0 saturated heterocycles. The Morgan fingerprint density at radius 2 is 2.00 bits per heavy atom. The van der Waals surface area contributed by atoms with Gasteiger partial charge in [0, 0.05) is 0 Å². The monoisotopic (exact) mass is 267 g/mol. The number of nitrogens with zero attached hydrogens (tertiary/aromatic N) is 1. The first-order chi connectivity index (χ1) is 9.78. The van der Waals surface area contributed by atoms with Gasteiger partial charge < -0.3 is 15.8 Å². The van der Waals surface area contributed by atoms with E-state index in [0.29, 0.717) is 6.54 Å². The van der Waals surface area contributed by atoms with E-state index in [1.807, 2.05) is 42.5 Å². The van der Waals surface area contributed by atoms with Gasteiger partial charge in [-0.2, -0.15) is 0 Å². The third-order valence-electron chi connectivity index (χ3n) is 3.46. The van der Waals surface area contributed by atoms with Crippen LogP contribution in [0.1, 0.15) is 22.8 Å². The molecule has 4 heteroatoms. The molecule has 4 N–H and O–H groups in total. The number of benzene rings is 2. The summed E-state index contributed by atoms with van der Waals surface area (Å²) in [4.78, 5) is 7.24. The van der Waals surface area contributed by atoms with Gasteiger partial charge in [-0.3, -0.25) is 0 Å². The number of aromatic nitrogens is 2. The lowest BCUT2D eigenvalue weighted by Crippen LogP contribution is -2.04. The molecule has 0 saturated carbocycles. The maximum Gasteiger partial charge on any atom is 0.104 e. The third-order valence-corrected chi connectivity index (χ3v) is 3.46. The number of nitrogens with one attached hydrogen (secondary N) is 1. The van der Waals surface area contributed by atoms with E-state index in [1.165, 1.54) is 0 Å². The van der Waals surface area contributed by atoms with E-state index in [0.717, 1.165) is 34.1 Å². The lowest BCUT2D eigenvalue weighted by Gasteiger charge is -2.13. The van der Waals surface area contributed by atoms with Gasteiger partial charge in [-0.05, 0) is 41.8 Å².